The molecule has 0 fully saturated rings. The average molecular weight is 659 g/mol. The average Bonchev–Trinajstić information content (AvgIpc) is 2.86. The van der Waals surface area contributed by atoms with Gasteiger partial charge in [-0.3, -0.25) is 9.59 Å². The zero-order chi connectivity index (χ0) is 31.1. The van der Waals surface area contributed by atoms with Gasteiger partial charge in [-0.05, 0) is 64.8 Å². The van der Waals surface area contributed by atoms with E-state index in [0.717, 1.165) is 0 Å². The van der Waals surface area contributed by atoms with E-state index in [-0.39, 0.29) is 28.4 Å². The molecule has 3 aromatic rings. The van der Waals surface area contributed by atoms with E-state index in [2.05, 4.69) is 15.9 Å². The number of anilines is 2. The summed E-state index contributed by atoms with van der Waals surface area (Å²) in [6.07, 6.45) is -19.0. The minimum Gasteiger partial charge on any atom is -0.320 e. The van der Waals surface area contributed by atoms with Gasteiger partial charge in [0, 0.05) is 33.9 Å². The van der Waals surface area contributed by atoms with Gasteiger partial charge in [0.2, 0.25) is 0 Å². The molecule has 0 aliphatic rings. The molecule has 0 aromatic heterocycles. The van der Waals surface area contributed by atoms with Crippen molar-refractivity contribution in [3.63, 3.8) is 0 Å². The van der Waals surface area contributed by atoms with Crippen LogP contribution in [-0.2, 0) is 11.8 Å². The van der Waals surface area contributed by atoms with E-state index in [4.69, 9.17) is 0 Å². The van der Waals surface area contributed by atoms with Crippen LogP contribution in [0.4, 0.5) is 55.3 Å². The van der Waals surface area contributed by atoms with Gasteiger partial charge >= 0.3 is 24.2 Å². The van der Waals surface area contributed by atoms with Gasteiger partial charge in [0.05, 0.1) is 11.3 Å². The first-order valence-corrected chi connectivity index (χ1v) is 12.0. The Balaban J connectivity index is 2.08. The smallest absolute Gasteiger partial charge is 0.320 e. The van der Waals surface area contributed by atoms with Crippen LogP contribution in [0.5, 0.6) is 0 Å². The third kappa shape index (κ3) is 6.04. The summed E-state index contributed by atoms with van der Waals surface area (Å²) in [5.74, 6) is -1.74. The van der Waals surface area contributed by atoms with Gasteiger partial charge in [-0.25, -0.2) is 4.39 Å². The number of nitrogens with zero attached hydrogens (tertiary/aromatic N) is 1. The molecule has 1 N–H and O–H groups in total. The fraction of sp³-hybridized carbons (Fsp3) is 0.231. The number of rotatable bonds is 5. The summed E-state index contributed by atoms with van der Waals surface area (Å²) in [6, 6.07) is 11.1. The number of nitrogens with one attached hydrogen (secondary N) is 1. The Morgan fingerprint density at radius 2 is 1.37 bits per heavy atom. The predicted molar refractivity (Wildman–Crippen MR) is 132 cm³/mol. The summed E-state index contributed by atoms with van der Waals surface area (Å²) >= 11 is 2.45. The van der Waals surface area contributed by atoms with Crippen molar-refractivity contribution in [1.82, 2.24) is 0 Å². The summed E-state index contributed by atoms with van der Waals surface area (Å²) in [7, 11) is 1.38. The molecule has 0 aliphatic heterocycles. The van der Waals surface area contributed by atoms with E-state index >= 15 is 0 Å². The van der Waals surface area contributed by atoms with Crippen LogP contribution in [0, 0.1) is 6.92 Å². The molecule has 0 radical (unpaired) electrons. The summed E-state index contributed by atoms with van der Waals surface area (Å²) < 4.78 is 134. The van der Waals surface area contributed by atoms with Crippen LogP contribution in [-0.4, -0.2) is 31.2 Å². The SMILES string of the molecule is Cc1c(C(=O)Nc2c(Br)cc(C(F)(C(F)(F)F)C(F)(F)F)cc2C(F)(F)F)cccc1N(C)C(=O)c1ccccc1. The van der Waals surface area contributed by atoms with Crippen LogP contribution < -0.4 is 10.2 Å². The molecule has 0 unspecified atom stereocenters. The Kier molecular flexibility index (Phi) is 8.55. The van der Waals surface area contributed by atoms with E-state index in [1.165, 1.54) is 49.2 Å². The number of halogens is 11. The van der Waals surface area contributed by atoms with Gasteiger partial charge in [-0.2, -0.15) is 39.5 Å². The first-order valence-electron chi connectivity index (χ1n) is 11.2. The van der Waals surface area contributed by atoms with Crippen molar-refractivity contribution in [3.05, 3.63) is 93.0 Å². The molecule has 41 heavy (non-hydrogen) atoms. The molecule has 0 aliphatic carbocycles. The number of benzene rings is 3. The van der Waals surface area contributed by atoms with Crippen LogP contribution in [0.2, 0.25) is 0 Å². The first-order chi connectivity index (χ1) is 18.7. The maximum Gasteiger partial charge on any atom is 0.435 e. The predicted octanol–water partition coefficient (Wildman–Crippen LogP) is 8.59. The second-order valence-electron chi connectivity index (χ2n) is 8.67. The van der Waals surface area contributed by atoms with Gasteiger partial charge < -0.3 is 10.2 Å². The number of alkyl halides is 10. The Bertz CT molecular complexity index is 1450. The van der Waals surface area contributed by atoms with E-state index < -0.39 is 63.4 Å². The summed E-state index contributed by atoms with van der Waals surface area (Å²) in [6.45, 7) is 1.37. The molecule has 3 aromatic carbocycles. The van der Waals surface area contributed by atoms with Gasteiger partial charge in [0.1, 0.15) is 0 Å². The van der Waals surface area contributed by atoms with Crippen LogP contribution >= 0.6 is 15.9 Å². The van der Waals surface area contributed by atoms with Crippen molar-refractivity contribution in [2.24, 2.45) is 0 Å². The van der Waals surface area contributed by atoms with E-state index in [1.54, 1.807) is 18.2 Å². The molecule has 0 heterocycles. The standard InChI is InChI=1S/C26H17BrF10N2O2/c1-13-16(9-6-10-19(13)39(2)22(41)14-7-4-3-5-8-14)21(40)38-20-17(24(29,30)31)11-15(12-18(20)27)23(28,25(32,33)34)26(35,36)37/h3-12H,1-2H3,(H,38,40). The summed E-state index contributed by atoms with van der Waals surface area (Å²) in [5.41, 5.74) is -11.7. The van der Waals surface area contributed by atoms with Crippen LogP contribution in [0.15, 0.2) is 65.1 Å². The highest BCUT2D eigenvalue weighted by Crippen LogP contribution is 2.55. The van der Waals surface area contributed by atoms with Gasteiger partial charge in [0.15, 0.2) is 0 Å². The minimum atomic E-state index is -6.67. The number of hydrogen-bond donors (Lipinski definition) is 1. The Hall–Kier alpha value is -3.62. The third-order valence-corrected chi connectivity index (χ3v) is 6.68. The molecule has 0 bridgehead atoms. The van der Waals surface area contributed by atoms with Crippen LogP contribution in [0.1, 0.15) is 37.4 Å². The largest absolute Gasteiger partial charge is 0.435 e. The van der Waals surface area contributed by atoms with Gasteiger partial charge in [-0.15, -0.1) is 0 Å². The number of carbonyl (C=O) groups excluding carboxylic acids is 2. The van der Waals surface area contributed by atoms with Crippen LogP contribution in [0.3, 0.4) is 0 Å². The summed E-state index contributed by atoms with van der Waals surface area (Å²) in [4.78, 5) is 27.0. The second kappa shape index (κ2) is 11.0. The van der Waals surface area contributed by atoms with Crippen molar-refractivity contribution in [3.8, 4) is 0 Å². The Morgan fingerprint density at radius 1 is 0.805 bits per heavy atom. The highest BCUT2D eigenvalue weighted by molar-refractivity contribution is 9.10. The van der Waals surface area contributed by atoms with Crippen molar-refractivity contribution in [2.75, 3.05) is 17.3 Å². The topological polar surface area (TPSA) is 49.4 Å². The summed E-state index contributed by atoms with van der Waals surface area (Å²) in [5, 5.41) is 1.83. The lowest BCUT2D eigenvalue weighted by atomic mass is 9.91. The molecular formula is C26H17BrF10N2O2. The highest BCUT2D eigenvalue weighted by Gasteiger charge is 2.73. The molecule has 0 saturated heterocycles. The second-order valence-corrected chi connectivity index (χ2v) is 9.52. The minimum absolute atomic E-state index is 0.106. The lowest BCUT2D eigenvalue weighted by Crippen LogP contribution is -2.50. The number of amides is 2. The first kappa shape index (κ1) is 31.9. The molecule has 15 heteroatoms. The van der Waals surface area contributed by atoms with Crippen LogP contribution in [0.25, 0.3) is 0 Å². The number of hydrogen-bond acceptors (Lipinski definition) is 2. The Morgan fingerprint density at radius 3 is 1.88 bits per heavy atom. The lowest BCUT2D eigenvalue weighted by Gasteiger charge is -2.31. The van der Waals surface area contributed by atoms with E-state index in [0.29, 0.717) is 0 Å². The quantitative estimate of drug-likeness (QED) is 0.279. The number of carbonyl (C=O) groups is 2. The zero-order valence-electron chi connectivity index (χ0n) is 20.7. The molecule has 0 atom stereocenters. The molecule has 2 amide bonds. The van der Waals surface area contributed by atoms with E-state index in [1.807, 2.05) is 5.32 Å². The van der Waals surface area contributed by atoms with Gasteiger partial charge in [0.25, 0.3) is 11.8 Å². The van der Waals surface area contributed by atoms with Crippen molar-refractivity contribution < 1.29 is 53.5 Å². The fourth-order valence-electron chi connectivity index (χ4n) is 3.94. The van der Waals surface area contributed by atoms with E-state index in [9.17, 15) is 53.5 Å². The molecule has 0 saturated carbocycles. The lowest BCUT2D eigenvalue weighted by molar-refractivity contribution is -0.348. The Labute approximate surface area is 234 Å². The van der Waals surface area contributed by atoms with Gasteiger partial charge in [-0.1, -0.05) is 24.3 Å². The van der Waals surface area contributed by atoms with Crippen molar-refractivity contribution in [2.45, 2.75) is 31.1 Å². The maximum absolute atomic E-state index is 14.5. The highest BCUT2D eigenvalue weighted by atomic mass is 79.9. The molecule has 4 nitrogen and oxygen atoms in total. The molecule has 3 rings (SSSR count). The fourth-order valence-corrected chi connectivity index (χ4v) is 4.50. The molecule has 0 spiro atoms. The van der Waals surface area contributed by atoms with Crippen molar-refractivity contribution in [1.29, 1.82) is 0 Å². The van der Waals surface area contributed by atoms with Crippen molar-refractivity contribution >= 4 is 39.1 Å². The molecular weight excluding hydrogens is 642 g/mol. The normalized spacial score (nSPS) is 12.7. The zero-order valence-corrected chi connectivity index (χ0v) is 22.3. The monoisotopic (exact) mass is 658 g/mol. The third-order valence-electron chi connectivity index (χ3n) is 6.05. The maximum atomic E-state index is 14.5. The molecule has 220 valence electrons.